The van der Waals surface area contributed by atoms with Crippen LogP contribution in [0.1, 0.15) is 19.8 Å². The Labute approximate surface area is 125 Å². The van der Waals surface area contributed by atoms with Gasteiger partial charge in [-0.05, 0) is 58.1 Å². The minimum atomic E-state index is -0.520. The van der Waals surface area contributed by atoms with E-state index < -0.39 is 6.10 Å². The van der Waals surface area contributed by atoms with Crippen LogP contribution in [0.2, 0.25) is 5.02 Å². The lowest BCUT2D eigenvalue weighted by Gasteiger charge is -2.30. The van der Waals surface area contributed by atoms with Crippen molar-refractivity contribution in [1.82, 2.24) is 10.2 Å². The number of carbonyl (C=O) groups is 1. The summed E-state index contributed by atoms with van der Waals surface area (Å²) in [6.07, 6.45) is 1.46. The van der Waals surface area contributed by atoms with Crippen LogP contribution >= 0.6 is 11.6 Å². The van der Waals surface area contributed by atoms with Crippen LogP contribution in [-0.4, -0.2) is 43.1 Å². The molecule has 1 amide bonds. The molecule has 0 radical (unpaired) electrons. The molecule has 1 atom stereocenters. The zero-order chi connectivity index (χ0) is 14.5. The predicted molar refractivity (Wildman–Crippen MR) is 80.2 cm³/mol. The molecule has 1 aliphatic rings. The average molecular weight is 297 g/mol. The maximum atomic E-state index is 12.1. The standard InChI is InChI=1S/C15H21ClN2O2/c1-11(20-14-5-3-4-12(16)10-14)15(19)17-13-6-8-18(2)9-7-13/h3-5,10-11,13H,6-9H2,1-2H3,(H,17,19)/t11-/m0/s1. The lowest BCUT2D eigenvalue weighted by molar-refractivity contribution is -0.128. The number of halogens is 1. The molecule has 0 aliphatic carbocycles. The third-order valence-electron chi connectivity index (χ3n) is 3.54. The van der Waals surface area contributed by atoms with Crippen LogP contribution in [0.15, 0.2) is 24.3 Å². The highest BCUT2D eigenvalue weighted by molar-refractivity contribution is 6.30. The topological polar surface area (TPSA) is 41.6 Å². The van der Waals surface area contributed by atoms with Gasteiger partial charge in [0.2, 0.25) is 0 Å². The molecule has 0 saturated carbocycles. The fourth-order valence-corrected chi connectivity index (χ4v) is 2.45. The molecular weight excluding hydrogens is 276 g/mol. The second-order valence-electron chi connectivity index (χ2n) is 5.30. The van der Waals surface area contributed by atoms with Gasteiger partial charge in [0.1, 0.15) is 5.75 Å². The highest BCUT2D eigenvalue weighted by Crippen LogP contribution is 2.18. The molecule has 4 nitrogen and oxygen atoms in total. The molecular formula is C15H21ClN2O2. The van der Waals surface area contributed by atoms with E-state index in [9.17, 15) is 4.79 Å². The van der Waals surface area contributed by atoms with Crippen LogP contribution in [0.25, 0.3) is 0 Å². The van der Waals surface area contributed by atoms with E-state index in [4.69, 9.17) is 16.3 Å². The van der Waals surface area contributed by atoms with Crippen molar-refractivity contribution < 1.29 is 9.53 Å². The van der Waals surface area contributed by atoms with Crippen LogP contribution < -0.4 is 10.1 Å². The molecule has 5 heteroatoms. The summed E-state index contributed by atoms with van der Waals surface area (Å²) < 4.78 is 5.61. The van der Waals surface area contributed by atoms with Crippen LogP contribution in [0.4, 0.5) is 0 Å². The van der Waals surface area contributed by atoms with Crippen LogP contribution in [0.3, 0.4) is 0 Å². The zero-order valence-electron chi connectivity index (χ0n) is 11.9. The van der Waals surface area contributed by atoms with Gasteiger partial charge in [0.25, 0.3) is 5.91 Å². The Bertz CT molecular complexity index is 459. The number of rotatable bonds is 4. The van der Waals surface area contributed by atoms with Crippen molar-refractivity contribution in [2.24, 2.45) is 0 Å². The molecule has 1 aromatic rings. The summed E-state index contributed by atoms with van der Waals surface area (Å²) in [6, 6.07) is 7.34. The van der Waals surface area contributed by atoms with Crippen LogP contribution in [0.5, 0.6) is 5.75 Å². The monoisotopic (exact) mass is 296 g/mol. The van der Waals surface area contributed by atoms with Gasteiger partial charge in [-0.2, -0.15) is 0 Å². The van der Waals surface area contributed by atoms with Gasteiger partial charge in [-0.3, -0.25) is 4.79 Å². The molecule has 20 heavy (non-hydrogen) atoms. The summed E-state index contributed by atoms with van der Waals surface area (Å²) in [5, 5.41) is 3.65. The number of carbonyl (C=O) groups excluding carboxylic acids is 1. The molecule has 1 fully saturated rings. The molecule has 1 aromatic carbocycles. The highest BCUT2D eigenvalue weighted by atomic mass is 35.5. The van der Waals surface area contributed by atoms with Crippen LogP contribution in [-0.2, 0) is 4.79 Å². The van der Waals surface area contributed by atoms with Crippen molar-refractivity contribution in [3.63, 3.8) is 0 Å². The molecule has 1 aliphatic heterocycles. The smallest absolute Gasteiger partial charge is 0.260 e. The lowest BCUT2D eigenvalue weighted by atomic mass is 10.1. The second kappa shape index (κ2) is 6.95. The Hall–Kier alpha value is -1.26. The molecule has 0 aromatic heterocycles. The van der Waals surface area contributed by atoms with E-state index in [-0.39, 0.29) is 11.9 Å². The normalized spacial score (nSPS) is 18.6. The lowest BCUT2D eigenvalue weighted by Crippen LogP contribution is -2.47. The summed E-state index contributed by atoms with van der Waals surface area (Å²) in [5.74, 6) is 0.544. The van der Waals surface area contributed by atoms with E-state index in [2.05, 4.69) is 17.3 Å². The first-order valence-corrected chi connectivity index (χ1v) is 7.33. The number of hydrogen-bond donors (Lipinski definition) is 1. The molecule has 1 heterocycles. The number of nitrogens with one attached hydrogen (secondary N) is 1. The Morgan fingerprint density at radius 2 is 2.15 bits per heavy atom. The largest absolute Gasteiger partial charge is 0.481 e. The first kappa shape index (κ1) is 15.1. The molecule has 1 N–H and O–H groups in total. The number of likely N-dealkylation sites (tertiary alicyclic amines) is 1. The zero-order valence-corrected chi connectivity index (χ0v) is 12.7. The Balaban J connectivity index is 1.83. The SMILES string of the molecule is C[C@H](Oc1cccc(Cl)c1)C(=O)NC1CCN(C)CC1. The quantitative estimate of drug-likeness (QED) is 0.927. The van der Waals surface area contributed by atoms with Gasteiger partial charge in [0, 0.05) is 11.1 Å². The van der Waals surface area contributed by atoms with Gasteiger partial charge in [0.05, 0.1) is 0 Å². The Morgan fingerprint density at radius 3 is 2.80 bits per heavy atom. The maximum Gasteiger partial charge on any atom is 0.260 e. The fraction of sp³-hybridized carbons (Fsp3) is 0.533. The average Bonchev–Trinajstić information content (AvgIpc) is 2.41. The van der Waals surface area contributed by atoms with E-state index >= 15 is 0 Å². The second-order valence-corrected chi connectivity index (χ2v) is 5.74. The van der Waals surface area contributed by atoms with E-state index in [0.29, 0.717) is 10.8 Å². The number of amides is 1. The van der Waals surface area contributed by atoms with Gasteiger partial charge in [-0.1, -0.05) is 17.7 Å². The molecule has 0 bridgehead atoms. The van der Waals surface area contributed by atoms with Crippen molar-refractivity contribution in [3.05, 3.63) is 29.3 Å². The number of nitrogens with zero attached hydrogens (tertiary/aromatic N) is 1. The summed E-state index contributed by atoms with van der Waals surface area (Å²) in [5.41, 5.74) is 0. The fourth-order valence-electron chi connectivity index (χ4n) is 2.27. The van der Waals surface area contributed by atoms with Crippen LogP contribution in [0, 0.1) is 0 Å². The van der Waals surface area contributed by atoms with Crippen molar-refractivity contribution in [2.45, 2.75) is 31.9 Å². The minimum Gasteiger partial charge on any atom is -0.481 e. The predicted octanol–water partition coefficient (Wildman–Crippen LogP) is 2.32. The number of piperidine rings is 1. The third kappa shape index (κ3) is 4.39. The molecule has 0 spiro atoms. The number of ether oxygens (including phenoxy) is 1. The Morgan fingerprint density at radius 1 is 1.45 bits per heavy atom. The van der Waals surface area contributed by atoms with E-state index in [1.54, 1.807) is 31.2 Å². The van der Waals surface area contributed by atoms with Gasteiger partial charge in [-0.25, -0.2) is 0 Å². The van der Waals surface area contributed by atoms with Gasteiger partial charge in [-0.15, -0.1) is 0 Å². The Kier molecular flexibility index (Phi) is 5.26. The van der Waals surface area contributed by atoms with Crippen molar-refractivity contribution >= 4 is 17.5 Å². The van der Waals surface area contributed by atoms with Crippen molar-refractivity contribution in [1.29, 1.82) is 0 Å². The van der Waals surface area contributed by atoms with E-state index in [1.165, 1.54) is 0 Å². The minimum absolute atomic E-state index is 0.0699. The maximum absolute atomic E-state index is 12.1. The van der Waals surface area contributed by atoms with Gasteiger partial charge < -0.3 is 15.0 Å². The van der Waals surface area contributed by atoms with Gasteiger partial charge >= 0.3 is 0 Å². The molecule has 2 rings (SSSR count). The van der Waals surface area contributed by atoms with E-state index in [1.807, 2.05) is 0 Å². The molecule has 110 valence electrons. The summed E-state index contributed by atoms with van der Waals surface area (Å²) in [4.78, 5) is 14.4. The third-order valence-corrected chi connectivity index (χ3v) is 3.78. The van der Waals surface area contributed by atoms with Crippen molar-refractivity contribution in [2.75, 3.05) is 20.1 Å². The molecule has 1 saturated heterocycles. The van der Waals surface area contributed by atoms with Gasteiger partial charge in [0.15, 0.2) is 6.10 Å². The van der Waals surface area contributed by atoms with Crippen molar-refractivity contribution in [3.8, 4) is 5.75 Å². The molecule has 0 unspecified atom stereocenters. The first-order valence-electron chi connectivity index (χ1n) is 6.96. The summed E-state index contributed by atoms with van der Waals surface area (Å²) in [7, 11) is 2.10. The summed E-state index contributed by atoms with van der Waals surface area (Å²) in [6.45, 7) is 3.80. The first-order chi connectivity index (χ1) is 9.54. The number of benzene rings is 1. The van der Waals surface area contributed by atoms with E-state index in [0.717, 1.165) is 25.9 Å². The highest BCUT2D eigenvalue weighted by Gasteiger charge is 2.22. The number of hydrogen-bond acceptors (Lipinski definition) is 3. The summed E-state index contributed by atoms with van der Waals surface area (Å²) >= 11 is 5.89.